The molecule has 1 aliphatic heterocycles. The van der Waals surface area contributed by atoms with Crippen molar-refractivity contribution in [1.29, 1.82) is 0 Å². The molecule has 2 N–H and O–H groups in total. The number of carbonyl (C=O) groups is 3. The van der Waals surface area contributed by atoms with E-state index in [0.717, 1.165) is 0 Å². The van der Waals surface area contributed by atoms with Crippen LogP contribution in [-0.2, 0) is 14.4 Å². The first-order valence-corrected chi connectivity index (χ1v) is 5.67. The summed E-state index contributed by atoms with van der Waals surface area (Å²) in [5, 5.41) is 11.5. The monoisotopic (exact) mass is 242 g/mol. The van der Waals surface area contributed by atoms with Crippen LogP contribution in [0.25, 0.3) is 0 Å². The summed E-state index contributed by atoms with van der Waals surface area (Å²) >= 11 is 0. The van der Waals surface area contributed by atoms with Crippen molar-refractivity contribution in [2.45, 2.75) is 20.3 Å². The molecule has 1 heterocycles. The normalized spacial score (nSPS) is 23.5. The van der Waals surface area contributed by atoms with Gasteiger partial charge in [-0.25, -0.2) is 0 Å². The Labute approximate surface area is 100.0 Å². The fourth-order valence-electron chi connectivity index (χ4n) is 2.00. The second-order valence-electron chi connectivity index (χ2n) is 4.45. The molecule has 0 aromatic carbocycles. The zero-order chi connectivity index (χ0) is 13.0. The van der Waals surface area contributed by atoms with E-state index in [1.54, 1.807) is 4.90 Å². The predicted octanol–water partition coefficient (Wildman–Crippen LogP) is -0.308. The number of nitrogens with zero attached hydrogens (tertiary/aromatic N) is 1. The first kappa shape index (κ1) is 13.5. The number of amides is 2. The molecule has 2 amide bonds. The van der Waals surface area contributed by atoms with Gasteiger partial charge in [-0.3, -0.25) is 14.4 Å². The molecule has 6 heteroatoms. The van der Waals surface area contributed by atoms with Crippen LogP contribution in [0.3, 0.4) is 0 Å². The second kappa shape index (κ2) is 5.65. The minimum absolute atomic E-state index is 0.0165. The lowest BCUT2D eigenvalue weighted by molar-refractivity contribution is -0.142. The minimum Gasteiger partial charge on any atom is -0.481 e. The van der Waals surface area contributed by atoms with Crippen LogP contribution >= 0.6 is 0 Å². The van der Waals surface area contributed by atoms with E-state index in [1.807, 2.05) is 6.92 Å². The summed E-state index contributed by atoms with van der Waals surface area (Å²) in [6, 6.07) is 0. The molecular weight excluding hydrogens is 224 g/mol. The van der Waals surface area contributed by atoms with Crippen LogP contribution in [0.15, 0.2) is 0 Å². The van der Waals surface area contributed by atoms with E-state index in [2.05, 4.69) is 5.32 Å². The Balaban J connectivity index is 2.39. The second-order valence-corrected chi connectivity index (χ2v) is 4.45. The SMILES string of the molecule is CC(=O)NCCC(=O)N1CC(C)C(C(=O)O)C1. The van der Waals surface area contributed by atoms with Crippen molar-refractivity contribution < 1.29 is 19.5 Å². The molecule has 0 aromatic rings. The van der Waals surface area contributed by atoms with Gasteiger partial charge in [0.2, 0.25) is 11.8 Å². The summed E-state index contributed by atoms with van der Waals surface area (Å²) < 4.78 is 0. The number of likely N-dealkylation sites (tertiary alicyclic amines) is 1. The summed E-state index contributed by atoms with van der Waals surface area (Å²) in [5.41, 5.74) is 0. The average Bonchev–Trinajstić information content (AvgIpc) is 2.59. The number of hydrogen-bond acceptors (Lipinski definition) is 3. The maximum Gasteiger partial charge on any atom is 0.308 e. The lowest BCUT2D eigenvalue weighted by atomic mass is 9.99. The first-order valence-electron chi connectivity index (χ1n) is 5.67. The van der Waals surface area contributed by atoms with Crippen molar-refractivity contribution in [2.24, 2.45) is 11.8 Å². The van der Waals surface area contributed by atoms with Crippen LogP contribution in [-0.4, -0.2) is 47.4 Å². The lowest BCUT2D eigenvalue weighted by Crippen LogP contribution is -2.33. The van der Waals surface area contributed by atoms with E-state index >= 15 is 0 Å². The van der Waals surface area contributed by atoms with Crippen molar-refractivity contribution in [1.82, 2.24) is 10.2 Å². The highest BCUT2D eigenvalue weighted by Gasteiger charge is 2.36. The van der Waals surface area contributed by atoms with Gasteiger partial charge < -0.3 is 15.3 Å². The van der Waals surface area contributed by atoms with Crippen molar-refractivity contribution in [3.8, 4) is 0 Å². The van der Waals surface area contributed by atoms with E-state index in [9.17, 15) is 14.4 Å². The third-order valence-electron chi connectivity index (χ3n) is 3.00. The highest BCUT2D eigenvalue weighted by atomic mass is 16.4. The lowest BCUT2D eigenvalue weighted by Gasteiger charge is -2.15. The van der Waals surface area contributed by atoms with E-state index < -0.39 is 11.9 Å². The van der Waals surface area contributed by atoms with E-state index in [1.165, 1.54) is 6.92 Å². The molecule has 0 aromatic heterocycles. The predicted molar refractivity (Wildman–Crippen MR) is 60.2 cm³/mol. The Morgan fingerprint density at radius 1 is 1.35 bits per heavy atom. The average molecular weight is 242 g/mol. The van der Waals surface area contributed by atoms with Gasteiger partial charge in [0.05, 0.1) is 5.92 Å². The summed E-state index contributed by atoms with van der Waals surface area (Å²) in [7, 11) is 0. The van der Waals surface area contributed by atoms with Crippen LogP contribution in [0, 0.1) is 11.8 Å². The number of aliphatic carboxylic acids is 1. The molecule has 96 valence electrons. The van der Waals surface area contributed by atoms with Gasteiger partial charge in [0.25, 0.3) is 0 Å². The first-order chi connectivity index (χ1) is 7.91. The van der Waals surface area contributed by atoms with Gasteiger partial charge in [-0.05, 0) is 5.92 Å². The smallest absolute Gasteiger partial charge is 0.308 e. The summed E-state index contributed by atoms with van der Waals surface area (Å²) in [6.45, 7) is 4.28. The number of carboxylic acid groups (broad SMARTS) is 1. The molecule has 0 saturated carbocycles. The van der Waals surface area contributed by atoms with Gasteiger partial charge in [-0.1, -0.05) is 6.92 Å². The Morgan fingerprint density at radius 2 is 2.00 bits per heavy atom. The quantitative estimate of drug-likeness (QED) is 0.708. The Morgan fingerprint density at radius 3 is 2.47 bits per heavy atom. The molecule has 1 fully saturated rings. The molecular formula is C11H18N2O4. The summed E-state index contributed by atoms with van der Waals surface area (Å²) in [5.74, 6) is -1.61. The molecule has 2 unspecified atom stereocenters. The molecule has 1 saturated heterocycles. The van der Waals surface area contributed by atoms with Gasteiger partial charge in [-0.2, -0.15) is 0 Å². The van der Waals surface area contributed by atoms with E-state index in [4.69, 9.17) is 5.11 Å². The summed E-state index contributed by atoms with van der Waals surface area (Å²) in [4.78, 5) is 34.8. The van der Waals surface area contributed by atoms with Gasteiger partial charge in [0.1, 0.15) is 0 Å². The van der Waals surface area contributed by atoms with Crippen molar-refractivity contribution in [2.75, 3.05) is 19.6 Å². The van der Waals surface area contributed by atoms with Crippen molar-refractivity contribution in [3.05, 3.63) is 0 Å². The van der Waals surface area contributed by atoms with Crippen molar-refractivity contribution in [3.63, 3.8) is 0 Å². The number of nitrogens with one attached hydrogen (secondary N) is 1. The minimum atomic E-state index is -0.852. The highest BCUT2D eigenvalue weighted by Crippen LogP contribution is 2.23. The van der Waals surface area contributed by atoms with Gasteiger partial charge >= 0.3 is 5.97 Å². The van der Waals surface area contributed by atoms with Crippen LogP contribution in [0.2, 0.25) is 0 Å². The number of carboxylic acids is 1. The van der Waals surface area contributed by atoms with Crippen LogP contribution in [0.5, 0.6) is 0 Å². The third kappa shape index (κ3) is 3.72. The molecule has 0 aliphatic carbocycles. The zero-order valence-electron chi connectivity index (χ0n) is 10.1. The fourth-order valence-corrected chi connectivity index (χ4v) is 2.00. The molecule has 17 heavy (non-hydrogen) atoms. The number of carbonyl (C=O) groups excluding carboxylic acids is 2. The van der Waals surface area contributed by atoms with E-state index in [0.29, 0.717) is 13.1 Å². The number of rotatable bonds is 4. The van der Waals surface area contributed by atoms with Gasteiger partial charge in [0.15, 0.2) is 0 Å². The summed E-state index contributed by atoms with van der Waals surface area (Å²) in [6.07, 6.45) is 0.221. The van der Waals surface area contributed by atoms with Gasteiger partial charge in [-0.15, -0.1) is 0 Å². The third-order valence-corrected chi connectivity index (χ3v) is 3.00. The van der Waals surface area contributed by atoms with Gasteiger partial charge in [0, 0.05) is 33.0 Å². The van der Waals surface area contributed by atoms with Crippen LogP contribution in [0.4, 0.5) is 0 Å². The van der Waals surface area contributed by atoms with E-state index in [-0.39, 0.29) is 30.7 Å². The molecule has 1 aliphatic rings. The molecule has 2 atom stereocenters. The molecule has 0 bridgehead atoms. The standard InChI is InChI=1S/C11H18N2O4/c1-7-5-13(6-9(7)11(16)17)10(15)3-4-12-8(2)14/h7,9H,3-6H2,1-2H3,(H,12,14)(H,16,17). The van der Waals surface area contributed by atoms with Crippen LogP contribution in [0.1, 0.15) is 20.3 Å². The van der Waals surface area contributed by atoms with Crippen molar-refractivity contribution >= 4 is 17.8 Å². The molecule has 0 spiro atoms. The van der Waals surface area contributed by atoms with Crippen LogP contribution < -0.4 is 5.32 Å². The number of hydrogen-bond donors (Lipinski definition) is 2. The maximum absolute atomic E-state index is 11.7. The Hall–Kier alpha value is -1.59. The zero-order valence-corrected chi connectivity index (χ0v) is 10.1. The molecule has 0 radical (unpaired) electrons. The fraction of sp³-hybridized carbons (Fsp3) is 0.727. The molecule has 6 nitrogen and oxygen atoms in total. The molecule has 1 rings (SSSR count). The largest absolute Gasteiger partial charge is 0.481 e. The highest BCUT2D eigenvalue weighted by molar-refractivity contribution is 5.80. The maximum atomic E-state index is 11.7. The Bertz CT molecular complexity index is 329. The topological polar surface area (TPSA) is 86.7 Å². The Kier molecular flexibility index (Phi) is 4.48.